The number of carbonyl (C=O) groups is 3. The lowest BCUT2D eigenvalue weighted by molar-refractivity contribution is -0.161. The Morgan fingerprint density at radius 3 is 1.45 bits per heavy atom. The fourth-order valence-electron chi connectivity index (χ4n) is 5.90. The van der Waals surface area contributed by atoms with E-state index >= 15 is 0 Å². The van der Waals surface area contributed by atoms with Gasteiger partial charge in [0, 0.05) is 12.8 Å². The molecule has 0 fully saturated rings. The highest BCUT2D eigenvalue weighted by Gasteiger charge is 2.28. The zero-order chi connectivity index (χ0) is 41.4. The molecule has 0 spiro atoms. The van der Waals surface area contributed by atoms with Gasteiger partial charge in [-0.15, -0.1) is 0 Å². The lowest BCUT2D eigenvalue weighted by Gasteiger charge is -2.20. The van der Waals surface area contributed by atoms with Crippen molar-refractivity contribution >= 4 is 25.7 Å². The molecule has 0 aromatic heterocycles. The summed E-state index contributed by atoms with van der Waals surface area (Å²) in [6.07, 6.45) is 42.0. The third-order valence-electron chi connectivity index (χ3n) is 9.39. The Bertz CT molecular complexity index is 1100. The number of unbranched alkanes of at least 4 members (excludes halogenated alkanes) is 21. The van der Waals surface area contributed by atoms with Gasteiger partial charge in [0.2, 0.25) is 0 Å². The second kappa shape index (κ2) is 39.5. The largest absolute Gasteiger partial charge is 0.480 e. The van der Waals surface area contributed by atoms with Crippen molar-refractivity contribution in [3.8, 4) is 0 Å². The van der Waals surface area contributed by atoms with E-state index in [1.54, 1.807) is 0 Å². The summed E-state index contributed by atoms with van der Waals surface area (Å²) in [5, 5.41) is 8.89. The van der Waals surface area contributed by atoms with Crippen LogP contribution in [0.2, 0.25) is 0 Å². The summed E-state index contributed by atoms with van der Waals surface area (Å²) < 4.78 is 32.7. The van der Waals surface area contributed by atoms with Crippen molar-refractivity contribution in [1.29, 1.82) is 0 Å². The molecule has 0 aliphatic carbocycles. The molecule has 3 atom stereocenters. The number of nitrogens with two attached hydrogens (primary N) is 1. The van der Waals surface area contributed by atoms with Crippen LogP contribution in [0.4, 0.5) is 0 Å². The molecule has 0 rings (SSSR count). The molecule has 0 saturated heterocycles. The summed E-state index contributed by atoms with van der Waals surface area (Å²) in [4.78, 5) is 45.9. The lowest BCUT2D eigenvalue weighted by atomic mass is 10.0. The Balaban J connectivity index is 4.39. The van der Waals surface area contributed by atoms with Gasteiger partial charge in [0.25, 0.3) is 0 Å². The number of carbonyl (C=O) groups excluding carboxylic acids is 2. The number of allylic oxidation sites excluding steroid dienone is 6. The van der Waals surface area contributed by atoms with Crippen LogP contribution in [0.1, 0.15) is 194 Å². The maximum absolute atomic E-state index is 12.6. The van der Waals surface area contributed by atoms with Crippen LogP contribution in [0.3, 0.4) is 0 Å². The van der Waals surface area contributed by atoms with Crippen LogP contribution in [-0.4, -0.2) is 59.9 Å². The maximum Gasteiger partial charge on any atom is 0.472 e. The summed E-state index contributed by atoms with van der Waals surface area (Å²) in [5.41, 5.74) is 5.33. The molecule has 1 unspecified atom stereocenters. The highest BCUT2D eigenvalue weighted by Crippen LogP contribution is 2.43. The molecule has 0 aromatic carbocycles. The number of phosphoric acid groups is 1. The molecular formula is C44H80NO10P. The van der Waals surface area contributed by atoms with Crippen molar-refractivity contribution in [3.05, 3.63) is 36.5 Å². The van der Waals surface area contributed by atoms with E-state index in [1.807, 2.05) is 0 Å². The van der Waals surface area contributed by atoms with E-state index in [9.17, 15) is 23.8 Å². The average molecular weight is 814 g/mol. The number of hydrogen-bond acceptors (Lipinski definition) is 9. The van der Waals surface area contributed by atoms with Gasteiger partial charge in [0.15, 0.2) is 6.10 Å². The van der Waals surface area contributed by atoms with Crippen LogP contribution in [-0.2, 0) is 37.5 Å². The molecule has 0 radical (unpaired) electrons. The molecule has 0 heterocycles. The van der Waals surface area contributed by atoms with Gasteiger partial charge in [-0.05, 0) is 51.4 Å². The number of hydrogen-bond donors (Lipinski definition) is 3. The molecule has 12 heteroatoms. The molecule has 0 aliphatic heterocycles. The molecule has 0 aromatic rings. The molecule has 56 heavy (non-hydrogen) atoms. The number of phosphoric ester groups is 1. The standard InChI is InChI=1S/C44H80NO10P/c1-3-5-7-9-11-13-15-17-19-20-22-23-25-27-29-31-33-35-42(46)52-37-40(38-53-56(50,51)54-39-41(45)44(48)49)55-43(47)36-34-32-30-28-26-24-21-18-16-14-12-10-8-6-4-2/h11,13,17,19,22-23,40-41H,3-10,12,14-16,18,20-21,24-39,45H2,1-2H3,(H,48,49)(H,50,51)/t40-,41+/m1/s1. The van der Waals surface area contributed by atoms with Crippen LogP contribution < -0.4 is 5.73 Å². The van der Waals surface area contributed by atoms with Gasteiger partial charge in [0.05, 0.1) is 13.2 Å². The minimum atomic E-state index is -4.72. The van der Waals surface area contributed by atoms with Crippen molar-refractivity contribution in [1.82, 2.24) is 0 Å². The Labute approximate surface area is 340 Å². The smallest absolute Gasteiger partial charge is 0.472 e. The molecule has 326 valence electrons. The second-order valence-corrected chi connectivity index (χ2v) is 16.3. The normalized spacial score (nSPS) is 14.1. The Morgan fingerprint density at radius 1 is 0.554 bits per heavy atom. The first-order valence-corrected chi connectivity index (χ1v) is 23.5. The van der Waals surface area contributed by atoms with Crippen LogP contribution in [0.15, 0.2) is 36.5 Å². The van der Waals surface area contributed by atoms with Crippen LogP contribution in [0, 0.1) is 0 Å². The summed E-state index contributed by atoms with van der Waals surface area (Å²) in [7, 11) is -4.72. The number of carboxylic acids is 1. The molecule has 0 aliphatic rings. The van der Waals surface area contributed by atoms with Gasteiger partial charge in [-0.25, -0.2) is 4.57 Å². The van der Waals surface area contributed by atoms with E-state index in [0.29, 0.717) is 12.8 Å². The van der Waals surface area contributed by atoms with Gasteiger partial charge < -0.3 is 25.2 Å². The third-order valence-corrected chi connectivity index (χ3v) is 10.3. The monoisotopic (exact) mass is 814 g/mol. The van der Waals surface area contributed by atoms with Crippen molar-refractivity contribution < 1.29 is 47.5 Å². The van der Waals surface area contributed by atoms with Crippen molar-refractivity contribution in [3.63, 3.8) is 0 Å². The Morgan fingerprint density at radius 2 is 0.946 bits per heavy atom. The predicted octanol–water partition coefficient (Wildman–Crippen LogP) is 11.6. The van der Waals surface area contributed by atoms with Crippen molar-refractivity contribution in [2.75, 3.05) is 19.8 Å². The van der Waals surface area contributed by atoms with Gasteiger partial charge in [-0.2, -0.15) is 0 Å². The molecule has 11 nitrogen and oxygen atoms in total. The third kappa shape index (κ3) is 38.6. The fraction of sp³-hybridized carbons (Fsp3) is 0.795. The summed E-state index contributed by atoms with van der Waals surface area (Å²) in [6.45, 7) is 2.76. The first kappa shape index (κ1) is 53.7. The quantitative estimate of drug-likeness (QED) is 0.0232. The molecule has 4 N–H and O–H groups in total. The van der Waals surface area contributed by atoms with Gasteiger partial charge >= 0.3 is 25.7 Å². The maximum atomic E-state index is 12.6. The van der Waals surface area contributed by atoms with E-state index < -0.39 is 51.1 Å². The number of rotatable bonds is 41. The molecule has 0 amide bonds. The first-order valence-electron chi connectivity index (χ1n) is 22.0. The van der Waals surface area contributed by atoms with Crippen LogP contribution in [0.5, 0.6) is 0 Å². The Kier molecular flexibility index (Phi) is 37.9. The van der Waals surface area contributed by atoms with Gasteiger partial charge in [0.1, 0.15) is 12.6 Å². The van der Waals surface area contributed by atoms with E-state index in [4.69, 9.17) is 24.8 Å². The summed E-state index contributed by atoms with van der Waals surface area (Å²) in [5.74, 6) is -2.40. The fourth-order valence-corrected chi connectivity index (χ4v) is 6.67. The number of ether oxygens (including phenoxy) is 2. The Hall–Kier alpha value is -2.30. The van der Waals surface area contributed by atoms with E-state index in [2.05, 4.69) is 54.8 Å². The number of carboxylic acid groups (broad SMARTS) is 1. The summed E-state index contributed by atoms with van der Waals surface area (Å²) >= 11 is 0. The van der Waals surface area contributed by atoms with E-state index in [1.165, 1.54) is 96.3 Å². The van der Waals surface area contributed by atoms with E-state index in [0.717, 1.165) is 57.8 Å². The highest BCUT2D eigenvalue weighted by atomic mass is 31.2. The molecular weight excluding hydrogens is 733 g/mol. The van der Waals surface area contributed by atoms with E-state index in [-0.39, 0.29) is 19.4 Å². The zero-order valence-electron chi connectivity index (χ0n) is 35.2. The van der Waals surface area contributed by atoms with Crippen molar-refractivity contribution in [2.45, 2.75) is 206 Å². The minimum Gasteiger partial charge on any atom is -0.480 e. The topological polar surface area (TPSA) is 172 Å². The number of aliphatic carboxylic acids is 1. The average Bonchev–Trinajstić information content (AvgIpc) is 3.17. The van der Waals surface area contributed by atoms with Gasteiger partial charge in [-0.3, -0.25) is 23.4 Å². The molecule has 0 saturated carbocycles. The SMILES string of the molecule is CCCCCC=CCC=CCC=CCCCCCCC(=O)OC[C@H](COP(=O)(O)OC[C@H](N)C(=O)O)OC(=O)CCCCCCCCCCCCCCCCC. The second-order valence-electron chi connectivity index (χ2n) is 14.8. The first-order chi connectivity index (χ1) is 27.1. The zero-order valence-corrected chi connectivity index (χ0v) is 36.1. The summed E-state index contributed by atoms with van der Waals surface area (Å²) in [6, 6.07) is -1.52. The minimum absolute atomic E-state index is 0.159. The van der Waals surface area contributed by atoms with Crippen molar-refractivity contribution in [2.24, 2.45) is 5.73 Å². The highest BCUT2D eigenvalue weighted by molar-refractivity contribution is 7.47. The van der Waals surface area contributed by atoms with Crippen LogP contribution in [0.25, 0.3) is 0 Å². The lowest BCUT2D eigenvalue weighted by Crippen LogP contribution is -2.34. The predicted molar refractivity (Wildman–Crippen MR) is 226 cm³/mol. The van der Waals surface area contributed by atoms with Gasteiger partial charge in [-0.1, -0.05) is 166 Å². The number of esters is 2. The van der Waals surface area contributed by atoms with Crippen LogP contribution >= 0.6 is 7.82 Å². The molecule has 0 bridgehead atoms.